The first-order chi connectivity index (χ1) is 11.6. The fourth-order valence-corrected chi connectivity index (χ4v) is 3.80. The lowest BCUT2D eigenvalue weighted by Gasteiger charge is -2.18. The maximum absolute atomic E-state index is 11.2. The van der Waals surface area contributed by atoms with E-state index in [1.807, 2.05) is 12.1 Å². The third-order valence-corrected chi connectivity index (χ3v) is 4.94. The minimum atomic E-state index is -0.903. The van der Waals surface area contributed by atoms with Gasteiger partial charge < -0.3 is 15.2 Å². The van der Waals surface area contributed by atoms with Gasteiger partial charge in [-0.2, -0.15) is 0 Å². The molecule has 0 unspecified atom stereocenters. The zero-order chi connectivity index (χ0) is 16.7. The molecule has 1 saturated carbocycles. The molecule has 3 N–H and O–H groups in total. The van der Waals surface area contributed by atoms with Gasteiger partial charge in [-0.05, 0) is 48.6 Å². The number of hydrogen-bond donors (Lipinski definition) is 3. The predicted molar refractivity (Wildman–Crippen MR) is 90.5 cm³/mol. The molecule has 1 aliphatic carbocycles. The maximum Gasteiger partial charge on any atom is 0.335 e. The summed E-state index contributed by atoms with van der Waals surface area (Å²) >= 11 is 0. The summed E-state index contributed by atoms with van der Waals surface area (Å²) in [5, 5.41) is 19.2. The number of fused-ring (bicyclic) bond motifs is 1. The zero-order valence-electron chi connectivity index (χ0n) is 13.1. The number of phenolic OH excluding ortho intramolecular Hbond substituents is 1. The van der Waals surface area contributed by atoms with Gasteiger partial charge >= 0.3 is 5.97 Å². The Balaban J connectivity index is 1.73. The highest BCUT2D eigenvalue weighted by atomic mass is 16.4. The highest BCUT2D eigenvalue weighted by molar-refractivity contribution is 5.87. The van der Waals surface area contributed by atoms with Crippen LogP contribution in [0.1, 0.15) is 52.8 Å². The van der Waals surface area contributed by atoms with Gasteiger partial charge in [-0.3, -0.25) is 0 Å². The van der Waals surface area contributed by atoms with Crippen LogP contribution in [0.2, 0.25) is 0 Å². The van der Waals surface area contributed by atoms with Crippen molar-refractivity contribution in [2.75, 3.05) is 0 Å². The Bertz CT molecular complexity index is 916. The molecule has 0 aliphatic heterocycles. The molecular formula is C19H18N2O3. The van der Waals surface area contributed by atoms with Crippen molar-refractivity contribution in [3.05, 3.63) is 59.4 Å². The number of carboxylic acids is 1. The molecule has 3 aromatic rings. The fraction of sp³-hybridized carbons (Fsp3) is 0.263. The number of aromatic carboxylic acids is 1. The molecule has 0 spiro atoms. The molecule has 0 saturated heterocycles. The van der Waals surface area contributed by atoms with E-state index >= 15 is 0 Å². The van der Waals surface area contributed by atoms with Crippen molar-refractivity contribution in [2.24, 2.45) is 0 Å². The van der Waals surface area contributed by atoms with Gasteiger partial charge in [-0.1, -0.05) is 24.6 Å². The standard InChI is InChI=1S/C19H18N2O3/c22-16-9-3-8-15-17(16)21-18(20-15)14-7-2-6-13(14)11-4-1-5-12(10-11)19(23)24/h1,3-5,8-10,13-14,22H,2,6-7H2,(H,20,21)(H,23,24)/t13-,14+/m1/s1. The fourth-order valence-electron chi connectivity index (χ4n) is 3.80. The Morgan fingerprint density at radius 1 is 1.12 bits per heavy atom. The number of nitrogens with zero attached hydrogens (tertiary/aromatic N) is 1. The van der Waals surface area contributed by atoms with Crippen molar-refractivity contribution in [3.63, 3.8) is 0 Å². The molecule has 0 bridgehead atoms. The van der Waals surface area contributed by atoms with Crippen LogP contribution in [-0.4, -0.2) is 26.2 Å². The lowest BCUT2D eigenvalue weighted by Crippen LogP contribution is -2.08. The van der Waals surface area contributed by atoms with Gasteiger partial charge in [-0.25, -0.2) is 9.78 Å². The molecule has 0 amide bonds. The van der Waals surface area contributed by atoms with Gasteiger partial charge in [-0.15, -0.1) is 0 Å². The maximum atomic E-state index is 11.2. The molecule has 1 heterocycles. The van der Waals surface area contributed by atoms with Crippen molar-refractivity contribution in [3.8, 4) is 5.75 Å². The van der Waals surface area contributed by atoms with Gasteiger partial charge in [0.15, 0.2) is 0 Å². The molecule has 5 nitrogen and oxygen atoms in total. The topological polar surface area (TPSA) is 86.2 Å². The molecule has 1 aliphatic rings. The van der Waals surface area contributed by atoms with Crippen LogP contribution in [0, 0.1) is 0 Å². The number of nitrogens with one attached hydrogen (secondary N) is 1. The molecule has 2 atom stereocenters. The first-order valence-corrected chi connectivity index (χ1v) is 8.14. The third-order valence-electron chi connectivity index (χ3n) is 4.94. The Labute approximate surface area is 139 Å². The molecule has 1 aromatic heterocycles. The Hall–Kier alpha value is -2.82. The number of imidazole rings is 1. The van der Waals surface area contributed by atoms with Crippen molar-refractivity contribution < 1.29 is 15.0 Å². The van der Waals surface area contributed by atoms with Gasteiger partial charge in [0, 0.05) is 5.92 Å². The van der Waals surface area contributed by atoms with Gasteiger partial charge in [0.2, 0.25) is 0 Å². The summed E-state index contributed by atoms with van der Waals surface area (Å²) in [4.78, 5) is 19.2. The Kier molecular flexibility index (Phi) is 3.49. The molecule has 5 heteroatoms. The molecular weight excluding hydrogens is 304 g/mol. The number of hydrogen-bond acceptors (Lipinski definition) is 3. The molecule has 1 fully saturated rings. The van der Waals surface area contributed by atoms with E-state index in [0.717, 1.165) is 36.2 Å². The summed E-state index contributed by atoms with van der Waals surface area (Å²) in [6, 6.07) is 12.5. The van der Waals surface area contributed by atoms with Gasteiger partial charge in [0.25, 0.3) is 0 Å². The molecule has 2 aromatic carbocycles. The van der Waals surface area contributed by atoms with Crippen LogP contribution in [0.5, 0.6) is 5.75 Å². The number of carboxylic acid groups (broad SMARTS) is 1. The summed E-state index contributed by atoms with van der Waals surface area (Å²) in [5.74, 6) is 0.597. The van der Waals surface area contributed by atoms with Crippen LogP contribution >= 0.6 is 0 Å². The lowest BCUT2D eigenvalue weighted by atomic mass is 9.87. The molecule has 122 valence electrons. The van der Waals surface area contributed by atoms with E-state index in [9.17, 15) is 15.0 Å². The largest absolute Gasteiger partial charge is 0.506 e. The average molecular weight is 322 g/mol. The smallest absolute Gasteiger partial charge is 0.335 e. The van der Waals surface area contributed by atoms with Crippen LogP contribution < -0.4 is 0 Å². The predicted octanol–water partition coefficient (Wildman–Crippen LogP) is 4.02. The van der Waals surface area contributed by atoms with Crippen LogP contribution in [0.4, 0.5) is 0 Å². The van der Waals surface area contributed by atoms with Crippen LogP contribution in [0.25, 0.3) is 11.0 Å². The van der Waals surface area contributed by atoms with Gasteiger partial charge in [0.05, 0.1) is 11.1 Å². The number of para-hydroxylation sites is 1. The van der Waals surface area contributed by atoms with E-state index in [2.05, 4.69) is 9.97 Å². The number of aromatic amines is 1. The summed E-state index contributed by atoms with van der Waals surface area (Å²) in [6.45, 7) is 0. The van der Waals surface area contributed by atoms with E-state index in [1.54, 1.807) is 30.3 Å². The summed E-state index contributed by atoms with van der Waals surface area (Å²) < 4.78 is 0. The zero-order valence-corrected chi connectivity index (χ0v) is 13.1. The van der Waals surface area contributed by atoms with E-state index < -0.39 is 5.97 Å². The Morgan fingerprint density at radius 3 is 2.71 bits per heavy atom. The normalized spacial score (nSPS) is 20.5. The first kappa shape index (κ1) is 14.8. The SMILES string of the molecule is O=C(O)c1cccc([C@H]2CCC[C@@H]2c2nc3c(O)cccc3[nH]2)c1. The summed E-state index contributed by atoms with van der Waals surface area (Å²) in [7, 11) is 0. The van der Waals surface area contributed by atoms with Crippen molar-refractivity contribution in [2.45, 2.75) is 31.1 Å². The number of carbonyl (C=O) groups is 1. The second-order valence-corrected chi connectivity index (χ2v) is 6.37. The molecule has 4 rings (SSSR count). The molecule has 0 radical (unpaired) electrons. The van der Waals surface area contributed by atoms with Crippen LogP contribution in [-0.2, 0) is 0 Å². The third kappa shape index (κ3) is 2.42. The first-order valence-electron chi connectivity index (χ1n) is 8.14. The second-order valence-electron chi connectivity index (χ2n) is 6.37. The summed E-state index contributed by atoms with van der Waals surface area (Å²) in [6.07, 6.45) is 3.09. The van der Waals surface area contributed by atoms with Crippen molar-refractivity contribution in [1.29, 1.82) is 0 Å². The number of H-pyrrole nitrogens is 1. The minimum Gasteiger partial charge on any atom is -0.506 e. The molecule has 24 heavy (non-hydrogen) atoms. The average Bonchev–Trinajstić information content (AvgIpc) is 3.22. The minimum absolute atomic E-state index is 0.178. The van der Waals surface area contributed by atoms with E-state index in [4.69, 9.17) is 0 Å². The van der Waals surface area contributed by atoms with E-state index in [-0.39, 0.29) is 17.6 Å². The second kappa shape index (κ2) is 5.67. The Morgan fingerprint density at radius 2 is 1.92 bits per heavy atom. The van der Waals surface area contributed by atoms with Crippen LogP contribution in [0.3, 0.4) is 0 Å². The quantitative estimate of drug-likeness (QED) is 0.680. The lowest BCUT2D eigenvalue weighted by molar-refractivity contribution is 0.0696. The van der Waals surface area contributed by atoms with E-state index in [1.165, 1.54) is 0 Å². The van der Waals surface area contributed by atoms with Gasteiger partial charge in [0.1, 0.15) is 17.1 Å². The number of benzene rings is 2. The number of rotatable bonds is 3. The number of aromatic nitrogens is 2. The number of aromatic hydroxyl groups is 1. The highest BCUT2D eigenvalue weighted by Crippen LogP contribution is 2.45. The highest BCUT2D eigenvalue weighted by Gasteiger charge is 2.32. The van der Waals surface area contributed by atoms with Crippen molar-refractivity contribution in [1.82, 2.24) is 9.97 Å². The summed E-state index contributed by atoms with van der Waals surface area (Å²) in [5.41, 5.74) is 2.79. The van der Waals surface area contributed by atoms with E-state index in [0.29, 0.717) is 11.1 Å². The van der Waals surface area contributed by atoms with Crippen molar-refractivity contribution >= 4 is 17.0 Å². The number of phenols is 1. The monoisotopic (exact) mass is 322 g/mol. The van der Waals surface area contributed by atoms with Crippen LogP contribution in [0.15, 0.2) is 42.5 Å².